The Morgan fingerprint density at radius 2 is 2.21 bits per heavy atom. The maximum atomic E-state index is 13.1. The number of hydrogen-bond donors (Lipinski definition) is 3. The van der Waals surface area contributed by atoms with Crippen LogP contribution in [0.3, 0.4) is 0 Å². The fourth-order valence-electron chi connectivity index (χ4n) is 1.62. The van der Waals surface area contributed by atoms with Crippen LogP contribution in [0.1, 0.15) is 13.8 Å². The summed E-state index contributed by atoms with van der Waals surface area (Å²) in [5.74, 6) is -0.196. The molecule has 82 valence electrons. The molecule has 0 aromatic rings. The number of carbonyl (C=O) groups is 1. The summed E-state index contributed by atoms with van der Waals surface area (Å²) in [5, 5.41) is 20.9. The summed E-state index contributed by atoms with van der Waals surface area (Å²) in [6, 6.07) is -1.05. The lowest BCUT2D eigenvalue weighted by molar-refractivity contribution is -0.130. The van der Waals surface area contributed by atoms with E-state index < -0.39 is 17.7 Å². The van der Waals surface area contributed by atoms with Crippen LogP contribution in [0, 0.1) is 5.92 Å². The van der Waals surface area contributed by atoms with Gasteiger partial charge in [0.25, 0.3) is 0 Å². The number of aliphatic hydroxyl groups is 1. The van der Waals surface area contributed by atoms with Crippen molar-refractivity contribution in [2.24, 2.45) is 5.92 Å². The van der Waals surface area contributed by atoms with Gasteiger partial charge in [0, 0.05) is 13.1 Å². The quantitative estimate of drug-likeness (QED) is 0.536. The van der Waals surface area contributed by atoms with Crippen molar-refractivity contribution in [3.8, 4) is 0 Å². The molecule has 0 aromatic carbocycles. The molecule has 3 atom stereocenters. The predicted molar refractivity (Wildman–Crippen MR) is 47.4 cm³/mol. The van der Waals surface area contributed by atoms with Crippen LogP contribution in [0.15, 0.2) is 0 Å². The normalized spacial score (nSPS) is 38.0. The van der Waals surface area contributed by atoms with Crippen molar-refractivity contribution in [2.75, 3.05) is 13.1 Å². The lowest BCUT2D eigenvalue weighted by Gasteiger charge is -2.43. The highest BCUT2D eigenvalue weighted by atomic mass is 19.2. The molecular formula is C8H15FN2O3. The molecule has 14 heavy (non-hydrogen) atoms. The molecule has 6 heteroatoms. The van der Waals surface area contributed by atoms with Crippen LogP contribution in [0.25, 0.3) is 0 Å². The Bertz CT molecular complexity index is 235. The molecule has 0 aliphatic carbocycles. The summed E-state index contributed by atoms with van der Waals surface area (Å²) < 4.78 is 13.1. The van der Waals surface area contributed by atoms with Crippen molar-refractivity contribution < 1.29 is 19.5 Å². The summed E-state index contributed by atoms with van der Waals surface area (Å²) in [5.41, 5.74) is -1.33. The van der Waals surface area contributed by atoms with Gasteiger partial charge in [0.05, 0.1) is 5.60 Å². The maximum absolute atomic E-state index is 13.1. The van der Waals surface area contributed by atoms with E-state index in [1.807, 2.05) is 0 Å². The number of hydrogen-bond acceptors (Lipinski definition) is 3. The number of halogens is 1. The highest BCUT2D eigenvalue weighted by molar-refractivity contribution is 5.64. The zero-order chi connectivity index (χ0) is 10.9. The van der Waals surface area contributed by atoms with Crippen LogP contribution in [0.2, 0.25) is 0 Å². The molecule has 1 aliphatic heterocycles. The van der Waals surface area contributed by atoms with Crippen LogP contribution in [0.5, 0.6) is 0 Å². The Balaban J connectivity index is 2.81. The molecule has 0 saturated carbocycles. The maximum Gasteiger partial charge on any atom is 0.436 e. The van der Waals surface area contributed by atoms with Crippen molar-refractivity contribution in [3.63, 3.8) is 0 Å². The van der Waals surface area contributed by atoms with Gasteiger partial charge < -0.3 is 15.5 Å². The lowest BCUT2D eigenvalue weighted by atomic mass is 9.81. The average Bonchev–Trinajstić information content (AvgIpc) is 2.08. The third kappa shape index (κ3) is 1.80. The van der Waals surface area contributed by atoms with Gasteiger partial charge in [-0.15, -0.1) is 5.12 Å². The van der Waals surface area contributed by atoms with E-state index in [9.17, 15) is 14.4 Å². The summed E-state index contributed by atoms with van der Waals surface area (Å²) in [4.78, 5) is 10.4. The third-order valence-corrected chi connectivity index (χ3v) is 2.92. The van der Waals surface area contributed by atoms with E-state index in [4.69, 9.17) is 5.11 Å². The van der Waals surface area contributed by atoms with E-state index in [1.54, 1.807) is 6.92 Å². The van der Waals surface area contributed by atoms with Crippen LogP contribution in [-0.4, -0.2) is 46.2 Å². The summed E-state index contributed by atoms with van der Waals surface area (Å²) in [6.45, 7) is 3.88. The summed E-state index contributed by atoms with van der Waals surface area (Å²) in [7, 11) is 0. The zero-order valence-corrected chi connectivity index (χ0v) is 8.20. The van der Waals surface area contributed by atoms with Gasteiger partial charge in [-0.2, -0.15) is 0 Å². The van der Waals surface area contributed by atoms with Gasteiger partial charge in [0.2, 0.25) is 0 Å². The Labute approximate surface area is 81.4 Å². The minimum absolute atomic E-state index is 0.125. The SMILES string of the molecule is C[C@H]1CNC[C@@H](N(F)C(=O)O)[C@]1(C)O. The molecule has 0 bridgehead atoms. The smallest absolute Gasteiger partial charge is 0.436 e. The second-order valence-electron chi connectivity index (χ2n) is 3.89. The molecule has 1 fully saturated rings. The molecule has 0 spiro atoms. The minimum Gasteiger partial charge on any atom is -0.463 e. The number of rotatable bonds is 1. The molecular weight excluding hydrogens is 191 g/mol. The van der Waals surface area contributed by atoms with Crippen molar-refractivity contribution in [1.82, 2.24) is 10.4 Å². The molecule has 0 unspecified atom stereocenters. The summed E-state index contributed by atoms with van der Waals surface area (Å²) >= 11 is 0. The van der Waals surface area contributed by atoms with Crippen LogP contribution in [-0.2, 0) is 0 Å². The average molecular weight is 206 g/mol. The standard InChI is InChI=1S/C8H15FN2O3/c1-5-3-10-4-6(8(5,2)14)11(9)7(12)13/h5-6,10,14H,3-4H2,1-2H3,(H,12,13)/t5-,6+,8+/m0/s1. The van der Waals surface area contributed by atoms with Crippen LogP contribution < -0.4 is 5.32 Å². The van der Waals surface area contributed by atoms with E-state index in [-0.39, 0.29) is 17.6 Å². The van der Waals surface area contributed by atoms with E-state index in [0.29, 0.717) is 6.54 Å². The molecule has 5 nitrogen and oxygen atoms in total. The van der Waals surface area contributed by atoms with Gasteiger partial charge in [-0.3, -0.25) is 0 Å². The first-order valence-electron chi connectivity index (χ1n) is 4.48. The number of piperidine rings is 1. The Morgan fingerprint density at radius 3 is 2.71 bits per heavy atom. The number of nitrogens with one attached hydrogen (secondary N) is 1. The first kappa shape index (κ1) is 11.2. The van der Waals surface area contributed by atoms with Gasteiger partial charge in [-0.25, -0.2) is 4.79 Å². The Kier molecular flexibility index (Phi) is 2.96. The van der Waals surface area contributed by atoms with E-state index >= 15 is 0 Å². The second kappa shape index (κ2) is 3.70. The third-order valence-electron chi connectivity index (χ3n) is 2.92. The molecule has 0 aromatic heterocycles. The fraction of sp³-hybridized carbons (Fsp3) is 0.875. The summed E-state index contributed by atoms with van der Waals surface area (Å²) in [6.07, 6.45) is -1.67. The van der Waals surface area contributed by atoms with Gasteiger partial charge >= 0.3 is 6.09 Å². The number of nitrogens with zero attached hydrogens (tertiary/aromatic N) is 1. The second-order valence-corrected chi connectivity index (χ2v) is 3.89. The predicted octanol–water partition coefficient (Wildman–Crippen LogP) is 0.210. The first-order chi connectivity index (χ1) is 6.37. The molecule has 1 rings (SSSR count). The zero-order valence-electron chi connectivity index (χ0n) is 8.20. The van der Waals surface area contributed by atoms with Gasteiger partial charge in [0.15, 0.2) is 0 Å². The molecule has 1 saturated heterocycles. The largest absolute Gasteiger partial charge is 0.463 e. The highest BCUT2D eigenvalue weighted by Crippen LogP contribution is 2.27. The number of amides is 1. The van der Waals surface area contributed by atoms with E-state index in [1.165, 1.54) is 6.92 Å². The van der Waals surface area contributed by atoms with Crippen molar-refractivity contribution in [1.29, 1.82) is 0 Å². The van der Waals surface area contributed by atoms with Crippen molar-refractivity contribution in [2.45, 2.75) is 25.5 Å². The van der Waals surface area contributed by atoms with Crippen molar-refractivity contribution in [3.05, 3.63) is 0 Å². The molecule has 1 aliphatic rings. The van der Waals surface area contributed by atoms with Gasteiger partial charge in [0.1, 0.15) is 6.04 Å². The topological polar surface area (TPSA) is 72.8 Å². The molecule has 1 heterocycles. The monoisotopic (exact) mass is 206 g/mol. The van der Waals surface area contributed by atoms with E-state index in [2.05, 4.69) is 5.32 Å². The fourth-order valence-corrected chi connectivity index (χ4v) is 1.62. The Hall–Kier alpha value is -0.880. The van der Waals surface area contributed by atoms with Crippen molar-refractivity contribution >= 4 is 6.09 Å². The van der Waals surface area contributed by atoms with Gasteiger partial charge in [-0.05, 0) is 12.8 Å². The Morgan fingerprint density at radius 1 is 1.64 bits per heavy atom. The van der Waals surface area contributed by atoms with Gasteiger partial charge in [-0.1, -0.05) is 11.4 Å². The first-order valence-corrected chi connectivity index (χ1v) is 4.48. The minimum atomic E-state index is -1.67. The lowest BCUT2D eigenvalue weighted by Crippen LogP contribution is -2.63. The molecule has 0 radical (unpaired) electrons. The van der Waals surface area contributed by atoms with Crippen LogP contribution in [0.4, 0.5) is 9.28 Å². The highest BCUT2D eigenvalue weighted by Gasteiger charge is 2.45. The molecule has 3 N–H and O–H groups in total. The van der Waals surface area contributed by atoms with E-state index in [0.717, 1.165) is 0 Å². The molecule has 1 amide bonds. The van der Waals surface area contributed by atoms with Crippen LogP contribution >= 0.6 is 0 Å². The number of carboxylic acid groups (broad SMARTS) is 1.